The normalized spacial score (nSPS) is 18.1. The van der Waals surface area contributed by atoms with E-state index in [9.17, 15) is 0 Å². The summed E-state index contributed by atoms with van der Waals surface area (Å²) in [7, 11) is 0. The minimum absolute atomic E-state index is 0.829. The zero-order valence-electron chi connectivity index (χ0n) is 7.95. The number of aliphatic imine (C=N–C) groups is 1. The molecule has 0 radical (unpaired) electrons. The van der Waals surface area contributed by atoms with Crippen LogP contribution in [0.4, 0.5) is 0 Å². The zero-order chi connectivity index (χ0) is 9.68. The molecule has 0 amide bonds. The third-order valence-electron chi connectivity index (χ3n) is 1.93. The fraction of sp³-hybridized carbons (Fsp3) is 0.556. The summed E-state index contributed by atoms with van der Waals surface area (Å²) in [6.07, 6.45) is 7.07. The van der Waals surface area contributed by atoms with E-state index < -0.39 is 0 Å². The van der Waals surface area contributed by atoms with Gasteiger partial charge < -0.3 is 4.90 Å². The van der Waals surface area contributed by atoms with Crippen molar-refractivity contribution in [3.05, 3.63) is 11.6 Å². The minimum atomic E-state index is 0.829. The molecule has 0 atom stereocenters. The van der Waals surface area contributed by atoms with Crippen LogP contribution in [0.15, 0.2) is 16.6 Å². The number of rotatable bonds is 0. The largest absolute Gasteiger partial charge is 0.346 e. The number of hydrogen-bond donors (Lipinski definition) is 0. The molecule has 0 fully saturated rings. The maximum absolute atomic E-state index is 8.47. The monoisotopic (exact) mass is 195 g/mol. The lowest BCUT2D eigenvalue weighted by atomic mass is 10.1. The molecule has 0 unspecified atom stereocenters. The first-order chi connectivity index (χ1) is 6.27. The van der Waals surface area contributed by atoms with Crippen molar-refractivity contribution in [2.24, 2.45) is 4.99 Å². The van der Waals surface area contributed by atoms with Crippen molar-refractivity contribution in [1.82, 2.24) is 4.90 Å². The van der Waals surface area contributed by atoms with Crippen molar-refractivity contribution in [2.75, 3.05) is 19.3 Å². The van der Waals surface area contributed by atoms with Crippen LogP contribution >= 0.6 is 11.8 Å². The molecule has 0 aromatic carbocycles. The first kappa shape index (κ1) is 10.1. The van der Waals surface area contributed by atoms with Crippen LogP contribution in [0, 0.1) is 11.5 Å². The lowest BCUT2D eigenvalue weighted by Crippen LogP contribution is -2.33. The number of nitrogens with zero attached hydrogens (tertiary/aromatic N) is 3. The summed E-state index contributed by atoms with van der Waals surface area (Å²) in [6, 6.07) is 0. The van der Waals surface area contributed by atoms with Gasteiger partial charge in [-0.3, -0.25) is 0 Å². The van der Waals surface area contributed by atoms with Crippen molar-refractivity contribution in [1.29, 1.82) is 5.26 Å². The fourth-order valence-corrected chi connectivity index (χ4v) is 1.91. The quantitative estimate of drug-likeness (QED) is 0.256. The number of amidine groups is 1. The molecule has 3 nitrogen and oxygen atoms in total. The molecule has 1 rings (SSSR count). The highest BCUT2D eigenvalue weighted by Gasteiger charge is 2.13. The summed E-state index contributed by atoms with van der Waals surface area (Å²) in [4.78, 5) is 5.93. The van der Waals surface area contributed by atoms with Crippen molar-refractivity contribution in [2.45, 2.75) is 13.3 Å². The third-order valence-corrected chi connectivity index (χ3v) is 2.65. The van der Waals surface area contributed by atoms with Gasteiger partial charge in [-0.25, -0.2) is 0 Å². The van der Waals surface area contributed by atoms with Crippen LogP contribution in [0.25, 0.3) is 0 Å². The molecule has 0 spiro atoms. The van der Waals surface area contributed by atoms with Gasteiger partial charge in [0.1, 0.15) is 0 Å². The zero-order valence-corrected chi connectivity index (χ0v) is 8.77. The maximum Gasteiger partial charge on any atom is 0.208 e. The smallest absolute Gasteiger partial charge is 0.208 e. The second-order valence-corrected chi connectivity index (χ2v) is 3.73. The summed E-state index contributed by atoms with van der Waals surface area (Å²) < 4.78 is 0. The van der Waals surface area contributed by atoms with E-state index in [2.05, 4.69) is 22.9 Å². The Morgan fingerprint density at radius 2 is 2.54 bits per heavy atom. The van der Waals surface area contributed by atoms with E-state index >= 15 is 0 Å². The lowest BCUT2D eigenvalue weighted by molar-refractivity contribution is 0.449. The van der Waals surface area contributed by atoms with Gasteiger partial charge in [-0.2, -0.15) is 5.26 Å². The van der Waals surface area contributed by atoms with Crippen LogP contribution in [0.3, 0.4) is 0 Å². The van der Waals surface area contributed by atoms with Gasteiger partial charge >= 0.3 is 0 Å². The molecule has 1 heterocycles. The Hall–Kier alpha value is -0.950. The van der Waals surface area contributed by atoms with E-state index in [0.29, 0.717) is 0 Å². The van der Waals surface area contributed by atoms with E-state index in [1.807, 2.05) is 12.4 Å². The molecule has 0 saturated heterocycles. The number of thioether (sulfide) groups is 1. The first-order valence-electron chi connectivity index (χ1n) is 4.19. The van der Waals surface area contributed by atoms with Gasteiger partial charge in [0.2, 0.25) is 6.19 Å². The molecule has 0 aliphatic carbocycles. The second-order valence-electron chi connectivity index (χ2n) is 2.96. The highest BCUT2D eigenvalue weighted by Crippen LogP contribution is 2.13. The molecule has 4 heteroatoms. The fourth-order valence-electron chi connectivity index (χ4n) is 1.36. The average Bonchev–Trinajstić information content (AvgIpc) is 2.14. The summed E-state index contributed by atoms with van der Waals surface area (Å²) in [5.41, 5.74) is 1.35. The Bertz CT molecular complexity index is 275. The SMILES string of the molecule is CSC(=NC#N)N1CCC=C(C)C1. The van der Waals surface area contributed by atoms with Gasteiger partial charge in [0, 0.05) is 13.1 Å². The van der Waals surface area contributed by atoms with Crippen LogP contribution in [0.5, 0.6) is 0 Å². The molecule has 0 aromatic rings. The topological polar surface area (TPSA) is 39.4 Å². The van der Waals surface area contributed by atoms with Crippen LogP contribution in [0.2, 0.25) is 0 Å². The Morgan fingerprint density at radius 3 is 3.08 bits per heavy atom. The highest BCUT2D eigenvalue weighted by atomic mass is 32.2. The Labute approximate surface area is 83.1 Å². The summed E-state index contributed by atoms with van der Waals surface area (Å²) in [6.45, 7) is 3.98. The first-order valence-corrected chi connectivity index (χ1v) is 5.41. The Balaban J connectivity index is 2.67. The van der Waals surface area contributed by atoms with Gasteiger partial charge in [-0.15, -0.1) is 4.99 Å². The van der Waals surface area contributed by atoms with Gasteiger partial charge in [-0.1, -0.05) is 23.4 Å². The van der Waals surface area contributed by atoms with Crippen LogP contribution < -0.4 is 0 Å². The van der Waals surface area contributed by atoms with Crippen molar-refractivity contribution < 1.29 is 0 Å². The predicted octanol–water partition coefficient (Wildman–Crippen LogP) is 1.84. The molecule has 0 bridgehead atoms. The summed E-state index contributed by atoms with van der Waals surface area (Å²) in [5.74, 6) is 0. The predicted molar refractivity (Wildman–Crippen MR) is 56.5 cm³/mol. The molecule has 1 aliphatic rings. The number of nitriles is 1. The van der Waals surface area contributed by atoms with Crippen LogP contribution in [-0.2, 0) is 0 Å². The molecular formula is C9H13N3S. The standard InChI is InChI=1S/C9H13N3S/c1-8-4-3-5-12(6-8)9(13-2)11-7-10/h4H,3,5-6H2,1-2H3. The van der Waals surface area contributed by atoms with Crippen LogP contribution in [0.1, 0.15) is 13.3 Å². The summed E-state index contributed by atoms with van der Waals surface area (Å²) in [5, 5.41) is 9.30. The van der Waals surface area contributed by atoms with E-state index in [4.69, 9.17) is 5.26 Å². The van der Waals surface area contributed by atoms with Crippen molar-refractivity contribution >= 4 is 16.9 Å². The molecule has 13 heavy (non-hydrogen) atoms. The Morgan fingerprint density at radius 1 is 1.77 bits per heavy atom. The van der Waals surface area contributed by atoms with Crippen molar-refractivity contribution in [3.63, 3.8) is 0 Å². The summed E-state index contributed by atoms with van der Waals surface area (Å²) >= 11 is 1.53. The van der Waals surface area contributed by atoms with E-state index in [-0.39, 0.29) is 0 Å². The van der Waals surface area contributed by atoms with Crippen LogP contribution in [-0.4, -0.2) is 29.4 Å². The molecular weight excluding hydrogens is 182 g/mol. The molecule has 0 aromatic heterocycles. The molecule has 70 valence electrons. The van der Waals surface area contributed by atoms with Crippen molar-refractivity contribution in [3.8, 4) is 6.19 Å². The third kappa shape index (κ3) is 2.78. The van der Waals surface area contributed by atoms with Gasteiger partial charge in [0.25, 0.3) is 0 Å². The lowest BCUT2D eigenvalue weighted by Gasteiger charge is -2.27. The molecule has 1 aliphatic heterocycles. The highest BCUT2D eigenvalue weighted by molar-refractivity contribution is 8.13. The van der Waals surface area contributed by atoms with E-state index in [0.717, 1.165) is 24.7 Å². The van der Waals surface area contributed by atoms with Gasteiger partial charge in [-0.05, 0) is 19.6 Å². The maximum atomic E-state index is 8.47. The van der Waals surface area contributed by atoms with Gasteiger partial charge in [0.05, 0.1) is 0 Å². The molecule has 0 saturated carbocycles. The minimum Gasteiger partial charge on any atom is -0.346 e. The van der Waals surface area contributed by atoms with Gasteiger partial charge in [0.15, 0.2) is 5.17 Å². The average molecular weight is 195 g/mol. The van der Waals surface area contributed by atoms with E-state index in [1.54, 1.807) is 0 Å². The number of hydrogen-bond acceptors (Lipinski definition) is 3. The Kier molecular flexibility index (Phi) is 3.84. The van der Waals surface area contributed by atoms with E-state index in [1.165, 1.54) is 17.3 Å². The molecule has 0 N–H and O–H groups in total. The second kappa shape index (κ2) is 4.93.